The standard InChI is InChI=1S/C17H26FN3O3S.ClH/c1-17(12-19)9-11-21(13-17)16(22)4-3-10-20(2)25(23,24)15-7-5-14(18)6-8-15;/h5-8H,3-4,9-13,19H2,1-2H3;1H. The van der Waals surface area contributed by atoms with Crippen LogP contribution in [-0.2, 0) is 14.8 Å². The first kappa shape index (κ1) is 22.8. The van der Waals surface area contributed by atoms with E-state index in [0.717, 1.165) is 18.6 Å². The molecule has 0 saturated carbocycles. The zero-order valence-electron chi connectivity index (χ0n) is 15.2. The van der Waals surface area contributed by atoms with E-state index in [4.69, 9.17) is 5.73 Å². The Morgan fingerprint density at radius 1 is 1.35 bits per heavy atom. The van der Waals surface area contributed by atoms with E-state index in [-0.39, 0.29) is 35.2 Å². The number of carbonyl (C=O) groups is 1. The number of benzene rings is 1. The molecule has 148 valence electrons. The minimum atomic E-state index is -3.67. The molecule has 1 aromatic rings. The highest BCUT2D eigenvalue weighted by Gasteiger charge is 2.34. The molecule has 9 heteroatoms. The first-order valence-electron chi connectivity index (χ1n) is 8.38. The number of likely N-dealkylation sites (tertiary alicyclic amines) is 1. The zero-order valence-corrected chi connectivity index (χ0v) is 16.8. The van der Waals surface area contributed by atoms with Crippen molar-refractivity contribution in [1.82, 2.24) is 9.21 Å². The van der Waals surface area contributed by atoms with Gasteiger partial charge in [-0.3, -0.25) is 4.79 Å². The molecule has 1 heterocycles. The molecule has 2 rings (SSSR count). The average Bonchev–Trinajstić information content (AvgIpc) is 2.98. The fourth-order valence-electron chi connectivity index (χ4n) is 2.92. The molecule has 0 spiro atoms. The maximum atomic E-state index is 12.9. The highest BCUT2D eigenvalue weighted by molar-refractivity contribution is 7.89. The highest BCUT2D eigenvalue weighted by Crippen LogP contribution is 2.29. The minimum Gasteiger partial charge on any atom is -0.342 e. The van der Waals surface area contributed by atoms with Gasteiger partial charge in [-0.1, -0.05) is 6.92 Å². The summed E-state index contributed by atoms with van der Waals surface area (Å²) in [6, 6.07) is 4.71. The second kappa shape index (κ2) is 9.12. The van der Waals surface area contributed by atoms with Crippen LogP contribution in [0.15, 0.2) is 29.2 Å². The number of rotatable bonds is 7. The van der Waals surface area contributed by atoms with Gasteiger partial charge in [0.1, 0.15) is 5.82 Å². The van der Waals surface area contributed by atoms with Crippen molar-refractivity contribution in [2.24, 2.45) is 11.1 Å². The van der Waals surface area contributed by atoms with Gasteiger partial charge in [-0.2, -0.15) is 0 Å². The van der Waals surface area contributed by atoms with Gasteiger partial charge in [0.25, 0.3) is 0 Å². The van der Waals surface area contributed by atoms with Crippen molar-refractivity contribution in [3.05, 3.63) is 30.1 Å². The van der Waals surface area contributed by atoms with Crippen molar-refractivity contribution in [2.45, 2.75) is 31.1 Å². The fraction of sp³-hybridized carbons (Fsp3) is 0.588. The van der Waals surface area contributed by atoms with Crippen LogP contribution >= 0.6 is 12.4 Å². The highest BCUT2D eigenvalue weighted by atomic mass is 35.5. The molecule has 1 amide bonds. The molecule has 0 aliphatic carbocycles. The summed E-state index contributed by atoms with van der Waals surface area (Å²) in [5.41, 5.74) is 5.73. The molecule has 0 radical (unpaired) electrons. The summed E-state index contributed by atoms with van der Waals surface area (Å²) in [5.74, 6) is -0.452. The van der Waals surface area contributed by atoms with Crippen LogP contribution in [0.25, 0.3) is 0 Å². The van der Waals surface area contributed by atoms with Crippen molar-refractivity contribution in [3.63, 3.8) is 0 Å². The quantitative estimate of drug-likeness (QED) is 0.747. The van der Waals surface area contributed by atoms with Crippen LogP contribution in [0.3, 0.4) is 0 Å². The number of nitrogens with two attached hydrogens (primary N) is 1. The summed E-state index contributed by atoms with van der Waals surface area (Å²) < 4.78 is 38.9. The van der Waals surface area contributed by atoms with Crippen molar-refractivity contribution in [3.8, 4) is 0 Å². The number of nitrogens with zero attached hydrogens (tertiary/aromatic N) is 2. The third-order valence-corrected chi connectivity index (χ3v) is 6.66. The number of amides is 1. The normalized spacial score (nSPS) is 20.3. The van der Waals surface area contributed by atoms with Gasteiger partial charge >= 0.3 is 0 Å². The third-order valence-electron chi connectivity index (χ3n) is 4.79. The maximum absolute atomic E-state index is 12.9. The topological polar surface area (TPSA) is 83.7 Å². The largest absolute Gasteiger partial charge is 0.342 e. The molecule has 6 nitrogen and oxygen atoms in total. The van der Waals surface area contributed by atoms with E-state index in [0.29, 0.717) is 32.5 Å². The zero-order chi connectivity index (χ0) is 18.7. The molecule has 2 N–H and O–H groups in total. The van der Waals surface area contributed by atoms with E-state index < -0.39 is 15.8 Å². The lowest BCUT2D eigenvalue weighted by molar-refractivity contribution is -0.130. The summed E-state index contributed by atoms with van der Waals surface area (Å²) in [4.78, 5) is 14.1. The predicted molar refractivity (Wildman–Crippen MR) is 101 cm³/mol. The number of halogens is 2. The summed E-state index contributed by atoms with van der Waals surface area (Å²) in [6.07, 6.45) is 1.63. The molecule has 0 aromatic heterocycles. The van der Waals surface area contributed by atoms with E-state index in [1.807, 2.05) is 0 Å². The Hall–Kier alpha value is -1.22. The first-order valence-corrected chi connectivity index (χ1v) is 9.82. The minimum absolute atomic E-state index is 0. The monoisotopic (exact) mass is 407 g/mol. The van der Waals surface area contributed by atoms with E-state index in [1.54, 1.807) is 4.90 Å². The van der Waals surface area contributed by atoms with Gasteiger partial charge in [-0.25, -0.2) is 17.1 Å². The lowest BCUT2D eigenvalue weighted by Crippen LogP contribution is -2.35. The Kier molecular flexibility index (Phi) is 8.01. The lowest BCUT2D eigenvalue weighted by Gasteiger charge is -2.23. The summed E-state index contributed by atoms with van der Waals surface area (Å²) in [6.45, 7) is 4.22. The molecule has 1 saturated heterocycles. The predicted octanol–water partition coefficient (Wildman–Crippen LogP) is 1.85. The average molecular weight is 408 g/mol. The Balaban J connectivity index is 0.00000338. The maximum Gasteiger partial charge on any atom is 0.242 e. The number of carbonyl (C=O) groups excluding carboxylic acids is 1. The van der Waals surface area contributed by atoms with Gasteiger partial charge in [0.05, 0.1) is 4.90 Å². The smallest absolute Gasteiger partial charge is 0.242 e. The summed E-state index contributed by atoms with van der Waals surface area (Å²) >= 11 is 0. The van der Waals surface area contributed by atoms with Crippen LogP contribution in [0.4, 0.5) is 4.39 Å². The van der Waals surface area contributed by atoms with E-state index in [9.17, 15) is 17.6 Å². The van der Waals surface area contributed by atoms with Gasteiger partial charge in [-0.15, -0.1) is 12.4 Å². The van der Waals surface area contributed by atoms with Crippen molar-refractivity contribution in [2.75, 3.05) is 33.2 Å². The van der Waals surface area contributed by atoms with Crippen molar-refractivity contribution >= 4 is 28.3 Å². The fourth-order valence-corrected chi connectivity index (χ4v) is 4.13. The molecular weight excluding hydrogens is 381 g/mol. The summed E-state index contributed by atoms with van der Waals surface area (Å²) in [5, 5.41) is 0. The Bertz CT molecular complexity index is 714. The molecule has 26 heavy (non-hydrogen) atoms. The van der Waals surface area contributed by atoms with Crippen LogP contribution in [-0.4, -0.2) is 56.8 Å². The summed E-state index contributed by atoms with van der Waals surface area (Å²) in [7, 11) is -2.21. The molecule has 1 unspecified atom stereocenters. The van der Waals surface area contributed by atoms with Crippen LogP contribution in [0.2, 0.25) is 0 Å². The molecule has 1 aliphatic rings. The van der Waals surface area contributed by atoms with E-state index in [1.165, 1.54) is 23.5 Å². The third kappa shape index (κ3) is 5.39. The van der Waals surface area contributed by atoms with Crippen LogP contribution in [0.1, 0.15) is 26.2 Å². The van der Waals surface area contributed by atoms with Crippen LogP contribution in [0.5, 0.6) is 0 Å². The van der Waals surface area contributed by atoms with Gasteiger partial charge in [0.15, 0.2) is 0 Å². The number of hydrogen-bond acceptors (Lipinski definition) is 4. The number of hydrogen-bond donors (Lipinski definition) is 1. The van der Waals surface area contributed by atoms with Gasteiger partial charge in [0.2, 0.25) is 15.9 Å². The second-order valence-corrected chi connectivity index (χ2v) is 9.01. The molecule has 1 fully saturated rings. The molecular formula is C17H27ClFN3O3S. The lowest BCUT2D eigenvalue weighted by atomic mass is 9.90. The van der Waals surface area contributed by atoms with Crippen LogP contribution in [0, 0.1) is 11.2 Å². The SMILES string of the molecule is CN(CCCC(=O)N1CCC(C)(CN)C1)S(=O)(=O)c1ccc(F)cc1.Cl. The molecule has 0 bridgehead atoms. The van der Waals surface area contributed by atoms with E-state index >= 15 is 0 Å². The first-order chi connectivity index (χ1) is 11.7. The van der Waals surface area contributed by atoms with E-state index in [2.05, 4.69) is 6.92 Å². The van der Waals surface area contributed by atoms with Crippen LogP contribution < -0.4 is 5.73 Å². The van der Waals surface area contributed by atoms with Gasteiger partial charge in [0, 0.05) is 33.1 Å². The Morgan fingerprint density at radius 3 is 2.50 bits per heavy atom. The van der Waals surface area contributed by atoms with Gasteiger partial charge in [-0.05, 0) is 49.1 Å². The molecule has 1 atom stereocenters. The second-order valence-electron chi connectivity index (χ2n) is 6.96. The molecule has 1 aliphatic heterocycles. The molecule has 1 aromatic carbocycles. The number of sulfonamides is 1. The van der Waals surface area contributed by atoms with Gasteiger partial charge < -0.3 is 10.6 Å². The van der Waals surface area contributed by atoms with Crippen molar-refractivity contribution in [1.29, 1.82) is 0 Å². The Morgan fingerprint density at radius 2 is 1.96 bits per heavy atom. The Labute approximate surface area is 161 Å². The van der Waals surface area contributed by atoms with Crippen molar-refractivity contribution < 1.29 is 17.6 Å².